The molecular formula is C84H52N8O4Rh4S3-4. The van der Waals surface area contributed by atoms with E-state index in [0.29, 0.717) is 9.79 Å². The zero-order chi connectivity index (χ0) is 66.4. The first-order valence-electron chi connectivity index (χ1n) is 31.8. The number of hydrogen-bond acceptors (Lipinski definition) is 9. The number of nitrogens with zero attached hydrogens (tertiary/aromatic N) is 8. The molecule has 19 heteroatoms. The number of aromatic nitrogens is 8. The van der Waals surface area contributed by atoms with Crippen LogP contribution in [-0.4, -0.2) is 51.7 Å². The van der Waals surface area contributed by atoms with Gasteiger partial charge in [-0.1, -0.05) is 115 Å². The van der Waals surface area contributed by atoms with Gasteiger partial charge in [0.15, 0.2) is 0 Å². The summed E-state index contributed by atoms with van der Waals surface area (Å²) in [6, 6.07) is 100.0. The quantitative estimate of drug-likeness (QED) is 0.108. The van der Waals surface area contributed by atoms with Gasteiger partial charge in [0.05, 0.1) is 55.2 Å². The summed E-state index contributed by atoms with van der Waals surface area (Å²) in [4.78, 5) is 2.50. The van der Waals surface area contributed by atoms with Crippen LogP contribution < -0.4 is 0 Å². The van der Waals surface area contributed by atoms with Crippen molar-refractivity contribution in [3.05, 3.63) is 341 Å². The molecule has 510 valence electrons. The van der Waals surface area contributed by atoms with Crippen molar-refractivity contribution in [2.24, 2.45) is 0 Å². The minimum Gasteiger partial charge on any atom is -0.456 e. The number of hydrogen-bond donors (Lipinski definition) is 0. The average molecular weight is 1750 g/mol. The van der Waals surface area contributed by atoms with Crippen LogP contribution in [0.4, 0.5) is 0 Å². The summed E-state index contributed by atoms with van der Waals surface area (Å²) in [5.74, 6) is 0. The van der Waals surface area contributed by atoms with Crippen molar-refractivity contribution in [2.45, 2.75) is 19.6 Å². The number of thiophene rings is 1. The maximum atomic E-state index is 12.9. The Bertz CT molecular complexity index is 6010. The van der Waals surface area contributed by atoms with Crippen LogP contribution in [0.1, 0.15) is 0 Å². The Morgan fingerprint density at radius 3 is 1.28 bits per heavy atom. The van der Waals surface area contributed by atoms with Crippen LogP contribution in [0.3, 0.4) is 0 Å². The van der Waals surface area contributed by atoms with Gasteiger partial charge in [-0.25, -0.2) is 12.6 Å². The Morgan fingerprint density at radius 2 is 0.728 bits per heavy atom. The van der Waals surface area contributed by atoms with Crippen molar-refractivity contribution in [3.8, 4) is 89.5 Å². The predicted octanol–water partition coefficient (Wildman–Crippen LogP) is 19.6. The molecule has 4 radical (unpaired) electrons. The van der Waals surface area contributed by atoms with Gasteiger partial charge in [0.2, 0.25) is 9.84 Å². The monoisotopic (exact) mass is 1740 g/mol. The van der Waals surface area contributed by atoms with Gasteiger partial charge in [0, 0.05) is 167 Å². The normalized spacial score (nSPS) is 12.4. The van der Waals surface area contributed by atoms with Crippen molar-refractivity contribution in [1.29, 1.82) is 0 Å². The third kappa shape index (κ3) is 14.1. The number of sulfone groups is 1. The molecule has 2 aliphatic rings. The third-order valence-corrected chi connectivity index (χ3v) is 22.0. The Hall–Kier alpha value is -9.91. The second-order valence-electron chi connectivity index (χ2n) is 23.5. The third-order valence-electron chi connectivity index (χ3n) is 17.5. The summed E-state index contributed by atoms with van der Waals surface area (Å²) >= 11 is 1.84. The van der Waals surface area contributed by atoms with Gasteiger partial charge < -0.3 is 4.42 Å². The van der Waals surface area contributed by atoms with Crippen molar-refractivity contribution >= 4 is 74.1 Å². The van der Waals surface area contributed by atoms with Crippen LogP contribution >= 0.6 is 11.3 Å². The fourth-order valence-corrected chi connectivity index (χ4v) is 16.9. The van der Waals surface area contributed by atoms with Crippen molar-refractivity contribution in [3.63, 3.8) is 0 Å². The van der Waals surface area contributed by atoms with Crippen molar-refractivity contribution in [2.75, 3.05) is 0 Å². The first-order chi connectivity index (χ1) is 48.7. The summed E-state index contributed by atoms with van der Waals surface area (Å²) in [6.07, 6.45) is 15.3. The van der Waals surface area contributed by atoms with Gasteiger partial charge >= 0.3 is 0 Å². The van der Waals surface area contributed by atoms with Crippen LogP contribution in [0.25, 0.3) is 132 Å². The second-order valence-corrected chi connectivity index (χ2v) is 27.9. The SMILES string of the molecule is O=S1(=O)c2ccccc2-c2ccc(-c3cnn(-c4[c-]cccc4)c3)cc21.O=S1c2ccccc2-c2ccc(-c3cnn(-c4[c-]cccc4)c3)cc21.[Rh].[Rh].[Rh].[Rh].[c-]1ccccc1-n1cc(-c2ccc3c(c2)oc2ccccc23)cn1.[c-]1ccccc1-n1cc(-c2ccc3c(c2)sc2ccccc23)cn1. The number of rotatable bonds is 8. The molecule has 8 heterocycles. The van der Waals surface area contributed by atoms with E-state index in [-0.39, 0.29) is 77.9 Å². The van der Waals surface area contributed by atoms with E-state index in [1.54, 1.807) is 33.8 Å². The Kier molecular flexibility index (Phi) is 21.5. The largest absolute Gasteiger partial charge is 0.456 e. The van der Waals surface area contributed by atoms with Gasteiger partial charge in [0.25, 0.3) is 0 Å². The molecular weight excluding hydrogens is 1690 g/mol. The molecule has 1 atom stereocenters. The molecule has 0 amide bonds. The van der Waals surface area contributed by atoms with Crippen LogP contribution in [0, 0.1) is 24.3 Å². The van der Waals surface area contributed by atoms with Crippen LogP contribution in [0.5, 0.6) is 0 Å². The van der Waals surface area contributed by atoms with E-state index in [1.165, 1.54) is 25.7 Å². The van der Waals surface area contributed by atoms with Gasteiger partial charge in [-0.15, -0.1) is 35.6 Å². The summed E-state index contributed by atoms with van der Waals surface area (Å²) in [7, 11) is -4.59. The van der Waals surface area contributed by atoms with Gasteiger partial charge in [-0.05, 0) is 111 Å². The number of para-hydroxylation sites is 5. The molecule has 6 aromatic heterocycles. The minimum atomic E-state index is -3.47. The predicted molar refractivity (Wildman–Crippen MR) is 393 cm³/mol. The Morgan fingerprint density at radius 1 is 0.330 bits per heavy atom. The summed E-state index contributed by atoms with van der Waals surface area (Å²) in [6.45, 7) is 0. The minimum absolute atomic E-state index is 0. The zero-order valence-electron chi connectivity index (χ0n) is 53.8. The molecule has 12 aromatic carbocycles. The Labute approximate surface area is 651 Å². The molecule has 0 N–H and O–H groups in total. The Balaban J connectivity index is 0.000000121. The van der Waals surface area contributed by atoms with Gasteiger partial charge in [-0.2, -0.15) is 117 Å². The summed E-state index contributed by atoms with van der Waals surface area (Å²) in [5.41, 5.74) is 17.2. The first-order valence-corrected chi connectivity index (χ1v) is 35.2. The molecule has 18 aromatic rings. The van der Waals surface area contributed by atoms with E-state index in [9.17, 15) is 12.6 Å². The molecule has 0 saturated carbocycles. The van der Waals surface area contributed by atoms with E-state index in [0.717, 1.165) is 116 Å². The topological polar surface area (TPSA) is 136 Å². The molecule has 0 aliphatic carbocycles. The molecule has 0 saturated heterocycles. The second kappa shape index (κ2) is 31.0. The number of fused-ring (bicyclic) bond motifs is 12. The maximum absolute atomic E-state index is 12.9. The molecule has 0 bridgehead atoms. The average Bonchev–Trinajstić information content (AvgIpc) is 1.58. The van der Waals surface area contributed by atoms with E-state index < -0.39 is 20.6 Å². The van der Waals surface area contributed by atoms with E-state index >= 15 is 0 Å². The fourth-order valence-electron chi connectivity index (χ4n) is 12.6. The van der Waals surface area contributed by atoms with Crippen molar-refractivity contribution < 1.29 is 95.0 Å². The van der Waals surface area contributed by atoms with E-state index in [2.05, 4.69) is 130 Å². The van der Waals surface area contributed by atoms with Crippen LogP contribution in [-0.2, 0) is 98.5 Å². The zero-order valence-corrected chi connectivity index (χ0v) is 62.8. The molecule has 0 fully saturated rings. The molecule has 2 aliphatic heterocycles. The number of furan rings is 1. The fraction of sp³-hybridized carbons (Fsp3) is 0. The van der Waals surface area contributed by atoms with Crippen LogP contribution in [0.15, 0.2) is 340 Å². The van der Waals surface area contributed by atoms with E-state index in [4.69, 9.17) is 4.42 Å². The first kappa shape index (κ1) is 71.5. The van der Waals surface area contributed by atoms with E-state index in [1.807, 2.05) is 228 Å². The van der Waals surface area contributed by atoms with Crippen LogP contribution in [0.2, 0.25) is 0 Å². The molecule has 1 unspecified atom stereocenters. The van der Waals surface area contributed by atoms with Gasteiger partial charge in [-0.3, -0.25) is 18.7 Å². The maximum Gasteiger partial charge on any atom is 0.207 e. The molecule has 0 spiro atoms. The van der Waals surface area contributed by atoms with Crippen molar-refractivity contribution in [1.82, 2.24) is 39.1 Å². The number of benzene rings is 12. The smallest absolute Gasteiger partial charge is 0.207 e. The summed E-state index contributed by atoms with van der Waals surface area (Å²) in [5, 5.41) is 22.6. The standard InChI is InChI=1S/C21H13N2O2S.C21H13N2OS.C21H13N2O.C21H13N2S.4Rh/c24-26(25)20-9-5-4-8-18(20)19-11-10-15(12-21(19)26)16-13-22-23(14-16)17-6-2-1-3-7-17;24-25-20-9-5-4-8-18(20)19-11-10-15(12-21(19)25)16-13-22-23(14-16)17-6-2-1-3-7-17;2*1-2-6-17(7-3-1)23-14-16(13-22-23)15-10-11-19-18-8-4-5-9-20(18)24-21(19)12-15;;;;/h1-6,8-14H;1-6,8-14H;2*1-6,8-14H;;;;/q4*-1;;;;. The molecule has 12 nitrogen and oxygen atoms in total. The summed E-state index contributed by atoms with van der Waals surface area (Å²) < 4.78 is 54.3. The van der Waals surface area contributed by atoms with Gasteiger partial charge in [0.1, 0.15) is 11.2 Å². The molecule has 103 heavy (non-hydrogen) atoms. The molecule has 20 rings (SSSR count).